The summed E-state index contributed by atoms with van der Waals surface area (Å²) in [7, 11) is 3.23. The van der Waals surface area contributed by atoms with Gasteiger partial charge in [0.1, 0.15) is 11.1 Å². The molecular formula is C11H15ClN2O3. The Hall–Kier alpha value is -1.33. The molecule has 0 aliphatic carbocycles. The minimum atomic E-state index is -0.861. The van der Waals surface area contributed by atoms with Gasteiger partial charge in [-0.3, -0.25) is 9.69 Å². The molecule has 0 fully saturated rings. The van der Waals surface area contributed by atoms with Crippen molar-refractivity contribution in [3.63, 3.8) is 0 Å². The number of nitrogens with zero attached hydrogens (tertiary/aromatic N) is 2. The van der Waals surface area contributed by atoms with Crippen molar-refractivity contribution >= 4 is 17.6 Å². The molecule has 0 bridgehead atoms. The number of carbonyl (C=O) groups is 1. The number of aromatic nitrogens is 1. The van der Waals surface area contributed by atoms with Gasteiger partial charge in [-0.25, -0.2) is 4.98 Å². The van der Waals surface area contributed by atoms with E-state index in [1.807, 2.05) is 0 Å². The molecule has 1 unspecified atom stereocenters. The van der Waals surface area contributed by atoms with Crippen LogP contribution in [0.15, 0.2) is 12.3 Å². The number of halogens is 1. The van der Waals surface area contributed by atoms with Crippen LogP contribution < -0.4 is 4.74 Å². The third-order valence-corrected chi connectivity index (χ3v) is 2.78. The highest BCUT2D eigenvalue weighted by molar-refractivity contribution is 6.31. The molecule has 6 heteroatoms. The van der Waals surface area contributed by atoms with E-state index in [4.69, 9.17) is 21.4 Å². The van der Waals surface area contributed by atoms with Gasteiger partial charge >= 0.3 is 5.97 Å². The molecule has 1 N–H and O–H groups in total. The second kappa shape index (κ2) is 5.84. The zero-order valence-corrected chi connectivity index (χ0v) is 10.7. The topological polar surface area (TPSA) is 62.7 Å². The minimum absolute atomic E-state index is 0.365. The third kappa shape index (κ3) is 3.57. The summed E-state index contributed by atoms with van der Waals surface area (Å²) in [6.07, 6.45) is 1.62. The van der Waals surface area contributed by atoms with Gasteiger partial charge in [0.2, 0.25) is 5.88 Å². The third-order valence-electron chi connectivity index (χ3n) is 2.51. The Morgan fingerprint density at radius 1 is 1.71 bits per heavy atom. The van der Waals surface area contributed by atoms with E-state index in [9.17, 15) is 4.79 Å². The molecule has 0 amide bonds. The van der Waals surface area contributed by atoms with E-state index >= 15 is 0 Å². The van der Waals surface area contributed by atoms with Crippen LogP contribution in [0, 0.1) is 0 Å². The van der Waals surface area contributed by atoms with E-state index in [0.29, 0.717) is 17.4 Å². The number of methoxy groups -OCH3 is 1. The number of hydrogen-bond acceptors (Lipinski definition) is 4. The molecular weight excluding hydrogens is 244 g/mol. The molecule has 0 aliphatic rings. The van der Waals surface area contributed by atoms with Crippen LogP contribution in [0.4, 0.5) is 0 Å². The van der Waals surface area contributed by atoms with Crippen molar-refractivity contribution in [1.82, 2.24) is 9.88 Å². The van der Waals surface area contributed by atoms with Crippen molar-refractivity contribution in [1.29, 1.82) is 0 Å². The maximum absolute atomic E-state index is 10.8. The monoisotopic (exact) mass is 258 g/mol. The van der Waals surface area contributed by atoms with Crippen LogP contribution >= 0.6 is 11.6 Å². The lowest BCUT2D eigenvalue weighted by atomic mass is 10.2. The second-order valence-corrected chi connectivity index (χ2v) is 4.17. The van der Waals surface area contributed by atoms with Crippen molar-refractivity contribution < 1.29 is 14.6 Å². The average molecular weight is 259 g/mol. The van der Waals surface area contributed by atoms with Gasteiger partial charge in [-0.05, 0) is 25.6 Å². The van der Waals surface area contributed by atoms with Crippen molar-refractivity contribution in [2.24, 2.45) is 0 Å². The summed E-state index contributed by atoms with van der Waals surface area (Å²) in [5.74, 6) is -0.496. The first kappa shape index (κ1) is 13.7. The Kier molecular flexibility index (Phi) is 4.72. The smallest absolute Gasteiger partial charge is 0.320 e. The Labute approximate surface area is 105 Å². The lowest BCUT2D eigenvalue weighted by Crippen LogP contribution is -2.35. The fraction of sp³-hybridized carbons (Fsp3) is 0.455. The molecule has 0 spiro atoms. The van der Waals surface area contributed by atoms with Gasteiger partial charge < -0.3 is 9.84 Å². The fourth-order valence-corrected chi connectivity index (χ4v) is 1.58. The summed E-state index contributed by atoms with van der Waals surface area (Å²) in [5, 5.41) is 9.28. The van der Waals surface area contributed by atoms with E-state index in [2.05, 4.69) is 4.98 Å². The minimum Gasteiger partial charge on any atom is -0.480 e. The number of pyridine rings is 1. The number of likely N-dealkylation sites (N-methyl/N-ethyl adjacent to an activating group) is 1. The van der Waals surface area contributed by atoms with E-state index in [1.165, 1.54) is 7.11 Å². The second-order valence-electron chi connectivity index (χ2n) is 3.76. The summed E-state index contributed by atoms with van der Waals surface area (Å²) in [4.78, 5) is 16.5. The van der Waals surface area contributed by atoms with Gasteiger partial charge in [-0.15, -0.1) is 0 Å². The lowest BCUT2D eigenvalue weighted by Gasteiger charge is -2.21. The zero-order chi connectivity index (χ0) is 13.0. The largest absolute Gasteiger partial charge is 0.480 e. The highest BCUT2D eigenvalue weighted by atomic mass is 35.5. The molecule has 1 rings (SSSR count). The van der Waals surface area contributed by atoms with E-state index in [0.717, 1.165) is 5.56 Å². The normalized spacial score (nSPS) is 12.5. The Bertz CT molecular complexity index is 412. The van der Waals surface area contributed by atoms with Gasteiger partial charge in [0, 0.05) is 12.7 Å². The Morgan fingerprint density at radius 3 is 2.82 bits per heavy atom. The first-order valence-electron chi connectivity index (χ1n) is 5.07. The summed E-state index contributed by atoms with van der Waals surface area (Å²) in [5.41, 5.74) is 0.839. The van der Waals surface area contributed by atoms with Gasteiger partial charge in [0.25, 0.3) is 0 Å². The molecule has 1 aromatic heterocycles. The number of hydrogen-bond donors (Lipinski definition) is 1. The van der Waals surface area contributed by atoms with Crippen LogP contribution in [0.1, 0.15) is 12.5 Å². The summed E-state index contributed by atoms with van der Waals surface area (Å²) < 4.78 is 4.94. The number of carboxylic acids is 1. The van der Waals surface area contributed by atoms with Gasteiger partial charge in [0.05, 0.1) is 7.11 Å². The molecule has 0 saturated heterocycles. The lowest BCUT2D eigenvalue weighted by molar-refractivity contribution is -0.142. The Morgan fingerprint density at radius 2 is 2.35 bits per heavy atom. The van der Waals surface area contributed by atoms with Crippen molar-refractivity contribution in [3.05, 3.63) is 22.8 Å². The summed E-state index contributed by atoms with van der Waals surface area (Å²) >= 11 is 5.93. The molecule has 94 valence electrons. The zero-order valence-electron chi connectivity index (χ0n) is 9.98. The van der Waals surface area contributed by atoms with Gasteiger partial charge in [-0.2, -0.15) is 0 Å². The van der Waals surface area contributed by atoms with Crippen LogP contribution in [0.25, 0.3) is 0 Å². The Balaban J connectivity index is 2.75. The van der Waals surface area contributed by atoms with Crippen LogP contribution in [-0.4, -0.2) is 41.2 Å². The van der Waals surface area contributed by atoms with Crippen LogP contribution in [0.3, 0.4) is 0 Å². The van der Waals surface area contributed by atoms with E-state index in [1.54, 1.807) is 31.1 Å². The molecule has 1 heterocycles. The number of carboxylic acid groups (broad SMARTS) is 1. The predicted molar refractivity (Wildman–Crippen MR) is 64.4 cm³/mol. The highest BCUT2D eigenvalue weighted by Crippen LogP contribution is 2.22. The molecule has 5 nitrogen and oxygen atoms in total. The summed E-state index contributed by atoms with van der Waals surface area (Å²) in [6, 6.07) is 1.16. The molecule has 0 saturated carbocycles. The molecule has 1 atom stereocenters. The van der Waals surface area contributed by atoms with Crippen molar-refractivity contribution in [2.45, 2.75) is 19.5 Å². The molecule has 17 heavy (non-hydrogen) atoms. The molecule has 1 aromatic rings. The summed E-state index contributed by atoms with van der Waals surface area (Å²) in [6.45, 7) is 2.09. The van der Waals surface area contributed by atoms with Gasteiger partial charge in [0.15, 0.2) is 0 Å². The first-order chi connectivity index (χ1) is 7.95. The maximum Gasteiger partial charge on any atom is 0.320 e. The predicted octanol–water partition coefficient (Wildman–Crippen LogP) is 1.65. The number of rotatable bonds is 5. The highest BCUT2D eigenvalue weighted by Gasteiger charge is 2.17. The first-order valence-corrected chi connectivity index (χ1v) is 5.45. The molecule has 0 radical (unpaired) electrons. The van der Waals surface area contributed by atoms with Crippen LogP contribution in [0.5, 0.6) is 5.88 Å². The maximum atomic E-state index is 10.8. The number of ether oxygens (including phenoxy) is 1. The van der Waals surface area contributed by atoms with Gasteiger partial charge in [-0.1, -0.05) is 11.6 Å². The molecule has 0 aliphatic heterocycles. The average Bonchev–Trinajstić information content (AvgIpc) is 2.28. The fourth-order valence-electron chi connectivity index (χ4n) is 1.32. The molecule has 0 aromatic carbocycles. The standard InChI is InChI=1S/C11H15ClN2O3/c1-7(11(15)16)14(2)6-8-4-9(12)10(17-3)13-5-8/h4-5,7H,6H2,1-3H3,(H,15,16). The van der Waals surface area contributed by atoms with Crippen molar-refractivity contribution in [2.75, 3.05) is 14.2 Å². The van der Waals surface area contributed by atoms with Crippen molar-refractivity contribution in [3.8, 4) is 5.88 Å². The quantitative estimate of drug-likeness (QED) is 0.870. The van der Waals surface area contributed by atoms with Crippen LogP contribution in [-0.2, 0) is 11.3 Å². The van der Waals surface area contributed by atoms with Crippen LogP contribution in [0.2, 0.25) is 5.02 Å². The number of aliphatic carboxylic acids is 1. The van der Waals surface area contributed by atoms with E-state index in [-0.39, 0.29) is 0 Å². The SMILES string of the molecule is COc1ncc(CN(C)C(C)C(=O)O)cc1Cl. The van der Waals surface area contributed by atoms with E-state index < -0.39 is 12.0 Å².